The summed E-state index contributed by atoms with van der Waals surface area (Å²) in [6.45, 7) is 9.01. The first-order chi connectivity index (χ1) is 7.41. The third-order valence-corrected chi connectivity index (χ3v) is 3.84. The predicted octanol–water partition coefficient (Wildman–Crippen LogP) is 3.82. The van der Waals surface area contributed by atoms with E-state index < -0.39 is 0 Å². The fourth-order valence-corrected chi connectivity index (χ4v) is 2.98. The van der Waals surface area contributed by atoms with Gasteiger partial charge in [0.15, 0.2) is 4.77 Å². The molecule has 0 bridgehead atoms. The number of rotatable bonds is 2. The highest BCUT2D eigenvalue weighted by Gasteiger charge is 2.33. The lowest BCUT2D eigenvalue weighted by Crippen LogP contribution is -2.13. The minimum atomic E-state index is 0.427. The van der Waals surface area contributed by atoms with Crippen molar-refractivity contribution in [2.45, 2.75) is 58.9 Å². The molecule has 3 nitrogen and oxygen atoms in total. The number of H-pyrrole nitrogens is 1. The van der Waals surface area contributed by atoms with E-state index in [9.17, 15) is 0 Å². The van der Waals surface area contributed by atoms with Crippen molar-refractivity contribution in [1.82, 2.24) is 14.8 Å². The lowest BCUT2D eigenvalue weighted by molar-refractivity contribution is 0.354. The Kier molecular flexibility index (Phi) is 2.95. The van der Waals surface area contributed by atoms with Crippen molar-refractivity contribution in [2.24, 2.45) is 5.41 Å². The molecule has 1 atom stereocenters. The van der Waals surface area contributed by atoms with Crippen molar-refractivity contribution < 1.29 is 0 Å². The maximum absolute atomic E-state index is 5.35. The molecule has 0 spiro atoms. The molecule has 0 aromatic carbocycles. The summed E-state index contributed by atoms with van der Waals surface area (Å²) in [6.07, 6.45) is 3.71. The quantitative estimate of drug-likeness (QED) is 0.796. The van der Waals surface area contributed by atoms with Gasteiger partial charge in [0.25, 0.3) is 0 Å². The van der Waals surface area contributed by atoms with E-state index >= 15 is 0 Å². The highest BCUT2D eigenvalue weighted by Crippen LogP contribution is 2.44. The van der Waals surface area contributed by atoms with Crippen LogP contribution in [0.3, 0.4) is 0 Å². The van der Waals surface area contributed by atoms with Gasteiger partial charge in [-0.25, -0.2) is 0 Å². The minimum Gasteiger partial charge on any atom is -0.301 e. The standard InChI is InChI=1S/C12H21N3S/c1-8(2)10-13-14-11(16)15(10)9-5-6-12(3,4)7-9/h8-9H,5-7H2,1-4H3,(H,14,16). The summed E-state index contributed by atoms with van der Waals surface area (Å²) in [7, 11) is 0. The molecule has 0 saturated heterocycles. The number of hydrogen-bond donors (Lipinski definition) is 1. The van der Waals surface area contributed by atoms with E-state index in [0.29, 0.717) is 17.4 Å². The third-order valence-electron chi connectivity index (χ3n) is 3.56. The van der Waals surface area contributed by atoms with E-state index in [-0.39, 0.29) is 0 Å². The number of aromatic amines is 1. The molecule has 90 valence electrons. The van der Waals surface area contributed by atoms with Gasteiger partial charge in [-0.05, 0) is 36.9 Å². The van der Waals surface area contributed by atoms with E-state index in [1.807, 2.05) is 0 Å². The maximum atomic E-state index is 5.35. The molecule has 1 heterocycles. The van der Waals surface area contributed by atoms with E-state index in [0.717, 1.165) is 10.6 Å². The molecule has 1 fully saturated rings. The Morgan fingerprint density at radius 2 is 2.19 bits per heavy atom. The van der Waals surface area contributed by atoms with Crippen molar-refractivity contribution in [1.29, 1.82) is 0 Å². The first-order valence-electron chi connectivity index (χ1n) is 6.07. The highest BCUT2D eigenvalue weighted by atomic mass is 32.1. The SMILES string of the molecule is CC(C)c1n[nH]c(=S)n1C1CCC(C)(C)C1. The van der Waals surface area contributed by atoms with Crippen LogP contribution in [0.25, 0.3) is 0 Å². The zero-order chi connectivity index (χ0) is 11.9. The molecule has 16 heavy (non-hydrogen) atoms. The molecule has 1 aliphatic rings. The Hall–Kier alpha value is -0.640. The van der Waals surface area contributed by atoms with Crippen LogP contribution in [0.4, 0.5) is 0 Å². The number of hydrogen-bond acceptors (Lipinski definition) is 2. The first-order valence-corrected chi connectivity index (χ1v) is 6.48. The summed E-state index contributed by atoms with van der Waals surface area (Å²) in [4.78, 5) is 0. The third kappa shape index (κ3) is 2.08. The molecule has 1 saturated carbocycles. The summed E-state index contributed by atoms with van der Waals surface area (Å²) < 4.78 is 3.03. The molecule has 0 radical (unpaired) electrons. The van der Waals surface area contributed by atoms with Crippen molar-refractivity contribution in [3.8, 4) is 0 Å². The molecule has 1 aliphatic carbocycles. The Morgan fingerprint density at radius 3 is 2.69 bits per heavy atom. The van der Waals surface area contributed by atoms with Crippen LogP contribution in [0.2, 0.25) is 0 Å². The Balaban J connectivity index is 2.34. The normalized spacial score (nSPS) is 24.2. The van der Waals surface area contributed by atoms with Gasteiger partial charge in [0.1, 0.15) is 5.82 Å². The molecule has 1 aromatic heterocycles. The molecule has 4 heteroatoms. The smallest absolute Gasteiger partial charge is 0.195 e. The topological polar surface area (TPSA) is 33.6 Å². The zero-order valence-corrected chi connectivity index (χ0v) is 11.4. The first kappa shape index (κ1) is 11.8. The van der Waals surface area contributed by atoms with Gasteiger partial charge >= 0.3 is 0 Å². The number of aromatic nitrogens is 3. The van der Waals surface area contributed by atoms with Gasteiger partial charge in [0.05, 0.1) is 0 Å². The second-order valence-corrected chi connectivity index (χ2v) is 6.36. The lowest BCUT2D eigenvalue weighted by atomic mass is 9.92. The Morgan fingerprint density at radius 1 is 1.50 bits per heavy atom. The molecule has 1 aromatic rings. The maximum Gasteiger partial charge on any atom is 0.195 e. The van der Waals surface area contributed by atoms with Gasteiger partial charge < -0.3 is 4.57 Å². The average Bonchev–Trinajstić information content (AvgIpc) is 2.69. The van der Waals surface area contributed by atoms with Crippen LogP contribution in [0.5, 0.6) is 0 Å². The van der Waals surface area contributed by atoms with Crippen LogP contribution in [-0.2, 0) is 0 Å². The summed E-state index contributed by atoms with van der Waals surface area (Å²) >= 11 is 5.35. The van der Waals surface area contributed by atoms with Gasteiger partial charge in [-0.1, -0.05) is 27.7 Å². The molecule has 1 N–H and O–H groups in total. The van der Waals surface area contributed by atoms with E-state index in [1.165, 1.54) is 19.3 Å². The van der Waals surface area contributed by atoms with Gasteiger partial charge in [0.2, 0.25) is 0 Å². The van der Waals surface area contributed by atoms with Gasteiger partial charge in [-0.2, -0.15) is 5.10 Å². The zero-order valence-electron chi connectivity index (χ0n) is 10.6. The highest BCUT2D eigenvalue weighted by molar-refractivity contribution is 7.71. The van der Waals surface area contributed by atoms with Gasteiger partial charge in [-0.15, -0.1) is 0 Å². The monoisotopic (exact) mass is 239 g/mol. The summed E-state index contributed by atoms with van der Waals surface area (Å²) in [5.41, 5.74) is 0.449. The van der Waals surface area contributed by atoms with Crippen LogP contribution in [0.1, 0.15) is 64.7 Å². The van der Waals surface area contributed by atoms with E-state index in [1.54, 1.807) is 0 Å². The second kappa shape index (κ2) is 3.99. The minimum absolute atomic E-state index is 0.427. The fraction of sp³-hybridized carbons (Fsp3) is 0.833. The summed E-state index contributed by atoms with van der Waals surface area (Å²) in [5, 5.41) is 7.29. The summed E-state index contributed by atoms with van der Waals surface area (Å²) in [5.74, 6) is 1.53. The molecule has 2 rings (SSSR count). The van der Waals surface area contributed by atoms with E-state index in [4.69, 9.17) is 12.2 Å². The fourth-order valence-electron chi connectivity index (χ4n) is 2.70. The molecular formula is C12H21N3S. The number of nitrogens with zero attached hydrogens (tertiary/aromatic N) is 2. The van der Waals surface area contributed by atoms with Crippen LogP contribution in [0.15, 0.2) is 0 Å². The largest absolute Gasteiger partial charge is 0.301 e. The van der Waals surface area contributed by atoms with Crippen LogP contribution >= 0.6 is 12.2 Å². The molecule has 0 aliphatic heterocycles. The van der Waals surface area contributed by atoms with Crippen LogP contribution in [0, 0.1) is 10.2 Å². The molecule has 0 amide bonds. The van der Waals surface area contributed by atoms with E-state index in [2.05, 4.69) is 42.5 Å². The van der Waals surface area contributed by atoms with Gasteiger partial charge in [0, 0.05) is 12.0 Å². The average molecular weight is 239 g/mol. The summed E-state index contributed by atoms with van der Waals surface area (Å²) in [6, 6.07) is 0.540. The molecular weight excluding hydrogens is 218 g/mol. The Bertz CT molecular complexity index is 428. The van der Waals surface area contributed by atoms with Crippen LogP contribution in [-0.4, -0.2) is 14.8 Å². The van der Waals surface area contributed by atoms with Crippen LogP contribution < -0.4 is 0 Å². The van der Waals surface area contributed by atoms with Crippen molar-refractivity contribution in [3.63, 3.8) is 0 Å². The van der Waals surface area contributed by atoms with Gasteiger partial charge in [-0.3, -0.25) is 5.10 Å². The number of nitrogens with one attached hydrogen (secondary N) is 1. The Labute approximate surface area is 102 Å². The predicted molar refractivity (Wildman–Crippen MR) is 68.2 cm³/mol. The second-order valence-electron chi connectivity index (χ2n) is 5.97. The lowest BCUT2D eigenvalue weighted by Gasteiger charge is -2.19. The van der Waals surface area contributed by atoms with Crippen molar-refractivity contribution in [2.75, 3.05) is 0 Å². The van der Waals surface area contributed by atoms with Crippen molar-refractivity contribution >= 4 is 12.2 Å². The van der Waals surface area contributed by atoms with Crippen molar-refractivity contribution in [3.05, 3.63) is 10.6 Å². The molecule has 1 unspecified atom stereocenters.